The summed E-state index contributed by atoms with van der Waals surface area (Å²) in [4.78, 5) is 4.18. The number of aryl methyl sites for hydroxylation is 1. The molecule has 0 saturated carbocycles. The summed E-state index contributed by atoms with van der Waals surface area (Å²) < 4.78 is 12.2. The van der Waals surface area contributed by atoms with Crippen molar-refractivity contribution >= 4 is 22.1 Å². The number of aromatic nitrogens is 5. The van der Waals surface area contributed by atoms with Gasteiger partial charge < -0.3 is 0 Å². The maximum atomic E-state index is 12.2. The van der Waals surface area contributed by atoms with Gasteiger partial charge >= 0.3 is 0 Å². The summed E-state index contributed by atoms with van der Waals surface area (Å²) >= 11 is 1.44. The summed E-state index contributed by atoms with van der Waals surface area (Å²) in [6.45, 7) is 1.96. The summed E-state index contributed by atoms with van der Waals surface area (Å²) in [5.74, 6) is 1.02. The van der Waals surface area contributed by atoms with Gasteiger partial charge in [0.05, 0.1) is 16.6 Å². The standard InChI is InChI=1S/C13H13N5OS2/c1-2-10-14-13(18-15-10)21(19)8-11-16-17-12(20-11)9-6-4-3-5-7-9/h3-7H,2,8H2,1H3,(H,14,15,18)/t21-/m0/s1. The molecule has 8 heteroatoms. The fourth-order valence-electron chi connectivity index (χ4n) is 1.72. The smallest absolute Gasteiger partial charge is 0.239 e. The van der Waals surface area contributed by atoms with E-state index in [-0.39, 0.29) is 5.75 Å². The Bertz CT molecular complexity index is 753. The number of hydrogen-bond acceptors (Lipinski definition) is 6. The first-order valence-electron chi connectivity index (χ1n) is 6.43. The second kappa shape index (κ2) is 6.23. The Labute approximate surface area is 128 Å². The van der Waals surface area contributed by atoms with Crippen LogP contribution in [0, 0.1) is 0 Å². The molecule has 0 aliphatic heterocycles. The molecule has 0 spiro atoms. The average molecular weight is 319 g/mol. The van der Waals surface area contributed by atoms with Crippen LogP contribution < -0.4 is 0 Å². The summed E-state index contributed by atoms with van der Waals surface area (Å²) in [6, 6.07) is 9.81. The van der Waals surface area contributed by atoms with Crippen molar-refractivity contribution in [3.63, 3.8) is 0 Å². The maximum absolute atomic E-state index is 12.2. The third kappa shape index (κ3) is 3.22. The van der Waals surface area contributed by atoms with E-state index in [1.54, 1.807) is 0 Å². The SMILES string of the molecule is CCc1nc([S@@](=O)Cc2nnc(-c3ccccc3)s2)n[nH]1. The predicted octanol–water partition coefficient (Wildman–Crippen LogP) is 2.19. The van der Waals surface area contributed by atoms with E-state index in [0.29, 0.717) is 5.16 Å². The lowest BCUT2D eigenvalue weighted by Gasteiger charge is -1.93. The fraction of sp³-hybridized carbons (Fsp3) is 0.231. The minimum Gasteiger partial charge on any atom is -0.262 e. The summed E-state index contributed by atoms with van der Waals surface area (Å²) in [5.41, 5.74) is 1.01. The van der Waals surface area contributed by atoms with E-state index in [1.807, 2.05) is 37.3 Å². The van der Waals surface area contributed by atoms with E-state index in [1.165, 1.54) is 11.3 Å². The molecule has 1 aromatic carbocycles. The molecule has 0 aliphatic carbocycles. The number of aromatic amines is 1. The second-order valence-corrected chi connectivity index (χ2v) is 6.68. The van der Waals surface area contributed by atoms with Gasteiger partial charge in [-0.05, 0) is 0 Å². The third-order valence-electron chi connectivity index (χ3n) is 2.79. The molecule has 1 N–H and O–H groups in total. The van der Waals surface area contributed by atoms with Crippen molar-refractivity contribution in [1.29, 1.82) is 0 Å². The molecule has 0 saturated heterocycles. The predicted molar refractivity (Wildman–Crippen MR) is 81.2 cm³/mol. The number of nitrogens with one attached hydrogen (secondary N) is 1. The number of hydrogen-bond donors (Lipinski definition) is 1. The molecule has 0 bridgehead atoms. The Hall–Kier alpha value is -1.93. The summed E-state index contributed by atoms with van der Waals surface area (Å²) in [5, 5.41) is 16.8. The van der Waals surface area contributed by atoms with E-state index in [2.05, 4.69) is 25.4 Å². The van der Waals surface area contributed by atoms with Crippen molar-refractivity contribution in [3.05, 3.63) is 41.2 Å². The largest absolute Gasteiger partial charge is 0.262 e. The van der Waals surface area contributed by atoms with Crippen LogP contribution in [0.15, 0.2) is 35.5 Å². The molecule has 3 rings (SSSR count). The van der Waals surface area contributed by atoms with Crippen LogP contribution in [0.25, 0.3) is 10.6 Å². The van der Waals surface area contributed by atoms with Crippen molar-refractivity contribution in [2.75, 3.05) is 0 Å². The van der Waals surface area contributed by atoms with Crippen molar-refractivity contribution in [2.24, 2.45) is 0 Å². The monoisotopic (exact) mass is 319 g/mol. The molecule has 0 amide bonds. The van der Waals surface area contributed by atoms with Gasteiger partial charge in [-0.25, -0.2) is 4.98 Å². The average Bonchev–Trinajstić information content (AvgIpc) is 3.17. The molecule has 2 aromatic heterocycles. The van der Waals surface area contributed by atoms with Crippen molar-refractivity contribution in [1.82, 2.24) is 25.4 Å². The van der Waals surface area contributed by atoms with Crippen LogP contribution in [-0.2, 0) is 23.0 Å². The van der Waals surface area contributed by atoms with Crippen LogP contribution in [0.2, 0.25) is 0 Å². The first-order chi connectivity index (χ1) is 10.3. The van der Waals surface area contributed by atoms with Crippen LogP contribution >= 0.6 is 11.3 Å². The molecule has 0 unspecified atom stereocenters. The number of benzene rings is 1. The lowest BCUT2D eigenvalue weighted by atomic mass is 10.2. The Morgan fingerprint density at radius 3 is 2.76 bits per heavy atom. The molecule has 6 nitrogen and oxygen atoms in total. The molecular formula is C13H13N5OS2. The van der Waals surface area contributed by atoms with Crippen molar-refractivity contribution < 1.29 is 4.21 Å². The quantitative estimate of drug-likeness (QED) is 0.779. The highest BCUT2D eigenvalue weighted by molar-refractivity contribution is 7.84. The molecule has 21 heavy (non-hydrogen) atoms. The lowest BCUT2D eigenvalue weighted by Crippen LogP contribution is -1.98. The normalized spacial score (nSPS) is 12.4. The topological polar surface area (TPSA) is 84.4 Å². The number of H-pyrrole nitrogens is 1. The Morgan fingerprint density at radius 1 is 1.24 bits per heavy atom. The molecular weight excluding hydrogens is 306 g/mol. The van der Waals surface area contributed by atoms with Gasteiger partial charge in [-0.3, -0.25) is 9.31 Å². The van der Waals surface area contributed by atoms with Gasteiger partial charge in [0.25, 0.3) is 0 Å². The minimum absolute atomic E-state index is 0.283. The van der Waals surface area contributed by atoms with E-state index in [0.717, 1.165) is 27.8 Å². The third-order valence-corrected chi connectivity index (χ3v) is 5.07. The fourth-order valence-corrected chi connectivity index (χ4v) is 3.69. The van der Waals surface area contributed by atoms with Crippen LogP contribution in [0.5, 0.6) is 0 Å². The van der Waals surface area contributed by atoms with Gasteiger partial charge in [0.2, 0.25) is 5.16 Å². The van der Waals surface area contributed by atoms with Gasteiger partial charge in [-0.15, -0.1) is 15.3 Å². The first kappa shape index (κ1) is 14.0. The molecule has 1 atom stereocenters. The second-order valence-electron chi connectivity index (χ2n) is 4.28. The van der Waals surface area contributed by atoms with Gasteiger partial charge in [0.15, 0.2) is 0 Å². The minimum atomic E-state index is -1.30. The van der Waals surface area contributed by atoms with Crippen molar-refractivity contribution in [2.45, 2.75) is 24.3 Å². The summed E-state index contributed by atoms with van der Waals surface area (Å²) in [7, 11) is -1.30. The van der Waals surface area contributed by atoms with Gasteiger partial charge in [-0.2, -0.15) is 0 Å². The highest BCUT2D eigenvalue weighted by Crippen LogP contribution is 2.24. The zero-order valence-corrected chi connectivity index (χ0v) is 12.9. The molecule has 0 aliphatic rings. The van der Waals surface area contributed by atoms with Crippen LogP contribution in [0.1, 0.15) is 17.8 Å². The highest BCUT2D eigenvalue weighted by Gasteiger charge is 2.14. The zero-order chi connectivity index (χ0) is 14.7. The molecule has 108 valence electrons. The lowest BCUT2D eigenvalue weighted by molar-refractivity contribution is 0.675. The Balaban J connectivity index is 1.74. The van der Waals surface area contributed by atoms with Crippen LogP contribution in [-0.4, -0.2) is 29.6 Å². The maximum Gasteiger partial charge on any atom is 0.239 e. The molecule has 3 aromatic rings. The molecule has 0 fully saturated rings. The summed E-state index contributed by atoms with van der Waals surface area (Å²) in [6.07, 6.45) is 0.737. The number of rotatable bonds is 5. The van der Waals surface area contributed by atoms with Gasteiger partial charge in [0.1, 0.15) is 15.8 Å². The molecule has 2 heterocycles. The zero-order valence-electron chi connectivity index (χ0n) is 11.3. The van der Waals surface area contributed by atoms with Gasteiger partial charge in [0, 0.05) is 12.0 Å². The Morgan fingerprint density at radius 2 is 2.05 bits per heavy atom. The van der Waals surface area contributed by atoms with Crippen LogP contribution in [0.4, 0.5) is 0 Å². The van der Waals surface area contributed by atoms with E-state index in [9.17, 15) is 4.21 Å². The first-order valence-corrected chi connectivity index (χ1v) is 8.57. The van der Waals surface area contributed by atoms with Gasteiger partial charge in [-0.1, -0.05) is 48.6 Å². The number of nitrogens with zero attached hydrogens (tertiary/aromatic N) is 4. The van der Waals surface area contributed by atoms with E-state index in [4.69, 9.17) is 0 Å². The van der Waals surface area contributed by atoms with Crippen LogP contribution in [0.3, 0.4) is 0 Å². The highest BCUT2D eigenvalue weighted by atomic mass is 32.2. The van der Waals surface area contributed by atoms with E-state index < -0.39 is 10.8 Å². The van der Waals surface area contributed by atoms with E-state index >= 15 is 0 Å². The Kier molecular flexibility index (Phi) is 4.16. The molecule has 0 radical (unpaired) electrons. The van der Waals surface area contributed by atoms with Crippen molar-refractivity contribution in [3.8, 4) is 10.6 Å².